The Labute approximate surface area is 118 Å². The van der Waals surface area contributed by atoms with Crippen molar-refractivity contribution in [2.24, 2.45) is 5.11 Å². The Hall–Kier alpha value is -2.71. The standard InChI is InChI=1S/C16H15N3O/c17-19-18-11-5-9-14-8-4-10-16(12-14)20-13-15-6-2-1-3-7-15/h1-10,12H,11,13H2. The zero-order chi connectivity index (χ0) is 14.0. The molecule has 0 saturated carbocycles. The van der Waals surface area contributed by atoms with E-state index in [0.717, 1.165) is 16.9 Å². The van der Waals surface area contributed by atoms with E-state index in [9.17, 15) is 0 Å². The van der Waals surface area contributed by atoms with E-state index in [2.05, 4.69) is 10.0 Å². The number of hydrogen-bond donors (Lipinski definition) is 0. The highest BCUT2D eigenvalue weighted by atomic mass is 16.5. The molecule has 0 aliphatic carbocycles. The van der Waals surface area contributed by atoms with Crippen LogP contribution in [0.5, 0.6) is 5.75 Å². The van der Waals surface area contributed by atoms with Crippen molar-refractivity contribution in [1.82, 2.24) is 0 Å². The zero-order valence-corrected chi connectivity index (χ0v) is 11.0. The summed E-state index contributed by atoms with van der Waals surface area (Å²) in [6.07, 6.45) is 3.72. The van der Waals surface area contributed by atoms with Gasteiger partial charge in [0.1, 0.15) is 12.4 Å². The predicted octanol–water partition coefficient (Wildman–Crippen LogP) is 4.59. The lowest BCUT2D eigenvalue weighted by molar-refractivity contribution is 0.306. The van der Waals surface area contributed by atoms with Crippen LogP contribution in [0.1, 0.15) is 11.1 Å². The maximum atomic E-state index is 8.19. The van der Waals surface area contributed by atoms with Crippen molar-refractivity contribution in [1.29, 1.82) is 0 Å². The van der Waals surface area contributed by atoms with Gasteiger partial charge in [-0.25, -0.2) is 0 Å². The first-order valence-electron chi connectivity index (χ1n) is 6.32. The summed E-state index contributed by atoms with van der Waals surface area (Å²) in [5, 5.41) is 3.45. The van der Waals surface area contributed by atoms with Crippen molar-refractivity contribution in [3.05, 3.63) is 82.2 Å². The van der Waals surface area contributed by atoms with Gasteiger partial charge >= 0.3 is 0 Å². The maximum Gasteiger partial charge on any atom is 0.120 e. The molecule has 0 fully saturated rings. The van der Waals surface area contributed by atoms with Crippen molar-refractivity contribution in [3.8, 4) is 5.75 Å². The SMILES string of the molecule is [N-]=[N+]=NCC=Cc1cccc(OCc2ccccc2)c1. The Morgan fingerprint density at radius 1 is 1.10 bits per heavy atom. The lowest BCUT2D eigenvalue weighted by Gasteiger charge is -2.06. The highest BCUT2D eigenvalue weighted by Gasteiger charge is 1.96. The second kappa shape index (κ2) is 7.67. The van der Waals surface area contributed by atoms with Crippen molar-refractivity contribution in [3.63, 3.8) is 0 Å². The second-order valence-electron chi connectivity index (χ2n) is 4.16. The highest BCUT2D eigenvalue weighted by Crippen LogP contribution is 2.16. The molecule has 4 nitrogen and oxygen atoms in total. The highest BCUT2D eigenvalue weighted by molar-refractivity contribution is 5.51. The Bertz CT molecular complexity index is 617. The number of benzene rings is 2. The number of rotatable bonds is 6. The first kappa shape index (κ1) is 13.7. The summed E-state index contributed by atoms with van der Waals surface area (Å²) in [5.41, 5.74) is 10.3. The molecule has 0 aliphatic rings. The minimum atomic E-state index is 0.353. The minimum absolute atomic E-state index is 0.353. The summed E-state index contributed by atoms with van der Waals surface area (Å²) in [6.45, 7) is 0.901. The van der Waals surface area contributed by atoms with E-state index in [1.807, 2.05) is 66.7 Å². The van der Waals surface area contributed by atoms with E-state index in [1.165, 1.54) is 0 Å². The fraction of sp³-hybridized carbons (Fsp3) is 0.125. The Balaban J connectivity index is 1.95. The van der Waals surface area contributed by atoms with Gasteiger partial charge in [-0.15, -0.1) is 0 Å². The van der Waals surface area contributed by atoms with Crippen LogP contribution in [0, 0.1) is 0 Å². The summed E-state index contributed by atoms with van der Waals surface area (Å²) in [7, 11) is 0. The van der Waals surface area contributed by atoms with Crippen LogP contribution in [0.15, 0.2) is 65.8 Å². The summed E-state index contributed by atoms with van der Waals surface area (Å²) in [5.74, 6) is 0.819. The van der Waals surface area contributed by atoms with Gasteiger partial charge in [0.2, 0.25) is 0 Å². The molecule has 0 bridgehead atoms. The molecule has 0 heterocycles. The van der Waals surface area contributed by atoms with E-state index < -0.39 is 0 Å². The first-order chi connectivity index (χ1) is 9.88. The van der Waals surface area contributed by atoms with E-state index in [-0.39, 0.29) is 0 Å². The molecule has 0 unspecified atom stereocenters. The van der Waals surface area contributed by atoms with Gasteiger partial charge in [0, 0.05) is 11.5 Å². The third-order valence-corrected chi connectivity index (χ3v) is 2.67. The molecule has 2 rings (SSSR count). The molecule has 0 atom stereocenters. The first-order valence-corrected chi connectivity index (χ1v) is 6.32. The molecule has 0 amide bonds. The zero-order valence-electron chi connectivity index (χ0n) is 11.0. The second-order valence-corrected chi connectivity index (χ2v) is 4.16. The topological polar surface area (TPSA) is 58.0 Å². The smallest absolute Gasteiger partial charge is 0.120 e. The van der Waals surface area contributed by atoms with Crippen LogP contribution in [0.2, 0.25) is 0 Å². The average molecular weight is 265 g/mol. The number of hydrogen-bond acceptors (Lipinski definition) is 2. The number of nitrogens with zero attached hydrogens (tertiary/aromatic N) is 3. The molecule has 0 N–H and O–H groups in total. The van der Waals surface area contributed by atoms with Crippen LogP contribution < -0.4 is 4.74 Å². The molecule has 4 heteroatoms. The summed E-state index contributed by atoms with van der Waals surface area (Å²) in [4.78, 5) is 2.70. The Kier molecular flexibility index (Phi) is 5.26. The van der Waals surface area contributed by atoms with Crippen molar-refractivity contribution in [2.45, 2.75) is 6.61 Å². The molecule has 0 saturated heterocycles. The van der Waals surface area contributed by atoms with Gasteiger partial charge in [-0.1, -0.05) is 59.7 Å². The van der Waals surface area contributed by atoms with Gasteiger partial charge < -0.3 is 4.74 Å². The van der Waals surface area contributed by atoms with Crippen LogP contribution >= 0.6 is 0 Å². The molecular weight excluding hydrogens is 250 g/mol. The van der Waals surface area contributed by atoms with E-state index in [4.69, 9.17) is 10.3 Å². The quantitative estimate of drug-likeness (QED) is 0.428. The van der Waals surface area contributed by atoms with Crippen LogP contribution in [-0.4, -0.2) is 6.54 Å². The molecule has 0 aliphatic heterocycles. The van der Waals surface area contributed by atoms with Gasteiger partial charge in [-0.2, -0.15) is 0 Å². The molecule has 2 aromatic carbocycles. The maximum absolute atomic E-state index is 8.19. The lowest BCUT2D eigenvalue weighted by Crippen LogP contribution is -1.94. The van der Waals surface area contributed by atoms with Crippen molar-refractivity contribution < 1.29 is 4.74 Å². The van der Waals surface area contributed by atoms with Gasteiger partial charge in [0.25, 0.3) is 0 Å². The number of azide groups is 1. The molecule has 0 aromatic heterocycles. The summed E-state index contributed by atoms with van der Waals surface area (Å²) >= 11 is 0. The lowest BCUT2D eigenvalue weighted by atomic mass is 10.2. The molecule has 100 valence electrons. The largest absolute Gasteiger partial charge is 0.489 e. The van der Waals surface area contributed by atoms with Crippen molar-refractivity contribution >= 4 is 6.08 Å². The predicted molar refractivity (Wildman–Crippen MR) is 80.3 cm³/mol. The van der Waals surface area contributed by atoms with Gasteiger partial charge in [0.05, 0.1) is 0 Å². The van der Waals surface area contributed by atoms with E-state index in [0.29, 0.717) is 13.2 Å². The minimum Gasteiger partial charge on any atom is -0.489 e. The Morgan fingerprint density at radius 3 is 2.75 bits per heavy atom. The summed E-state index contributed by atoms with van der Waals surface area (Å²) < 4.78 is 5.74. The van der Waals surface area contributed by atoms with Gasteiger partial charge in [-0.05, 0) is 28.8 Å². The third-order valence-electron chi connectivity index (χ3n) is 2.67. The van der Waals surface area contributed by atoms with Crippen LogP contribution in [0.25, 0.3) is 16.5 Å². The molecule has 0 spiro atoms. The third kappa shape index (κ3) is 4.52. The fourth-order valence-electron chi connectivity index (χ4n) is 1.72. The normalized spacial score (nSPS) is 10.2. The Morgan fingerprint density at radius 2 is 1.95 bits per heavy atom. The molecular formula is C16H15N3O. The molecule has 0 radical (unpaired) electrons. The van der Waals surface area contributed by atoms with E-state index in [1.54, 1.807) is 0 Å². The summed E-state index contributed by atoms with van der Waals surface area (Å²) in [6, 6.07) is 17.8. The van der Waals surface area contributed by atoms with Gasteiger partial charge in [-0.3, -0.25) is 0 Å². The fourth-order valence-corrected chi connectivity index (χ4v) is 1.72. The van der Waals surface area contributed by atoms with Crippen LogP contribution in [-0.2, 0) is 6.61 Å². The average Bonchev–Trinajstić information content (AvgIpc) is 2.51. The monoisotopic (exact) mass is 265 g/mol. The van der Waals surface area contributed by atoms with Crippen LogP contribution in [0.3, 0.4) is 0 Å². The van der Waals surface area contributed by atoms with Gasteiger partial charge in [0.15, 0.2) is 0 Å². The van der Waals surface area contributed by atoms with Crippen LogP contribution in [0.4, 0.5) is 0 Å². The van der Waals surface area contributed by atoms with E-state index >= 15 is 0 Å². The molecule has 2 aromatic rings. The molecule has 20 heavy (non-hydrogen) atoms. The number of ether oxygens (including phenoxy) is 1. The van der Waals surface area contributed by atoms with Crippen molar-refractivity contribution in [2.75, 3.05) is 6.54 Å².